The predicted molar refractivity (Wildman–Crippen MR) is 151 cm³/mol. The molecule has 0 spiro atoms. The van der Waals surface area contributed by atoms with E-state index in [4.69, 9.17) is 42.6 Å². The maximum Gasteiger partial charge on any atom is 1.00 e. The minimum atomic E-state index is -0.601. The molecule has 2 aromatic carbocycles. The second-order valence-electron chi connectivity index (χ2n) is 8.08. The zero-order chi connectivity index (χ0) is 28.9. The molecule has 4 atom stereocenters. The van der Waals surface area contributed by atoms with E-state index in [1.165, 1.54) is 21.3 Å². The van der Waals surface area contributed by atoms with E-state index in [0.717, 1.165) is 0 Å². The molecule has 2 aromatic rings. The Labute approximate surface area is 252 Å². The van der Waals surface area contributed by atoms with Crippen molar-refractivity contribution in [1.29, 1.82) is 0 Å². The Morgan fingerprint density at radius 3 is 1.45 bits per heavy atom. The number of methoxy groups -OCH3 is 3. The van der Waals surface area contributed by atoms with Crippen LogP contribution in [0.15, 0.2) is 24.3 Å². The quantitative estimate of drug-likeness (QED) is 0.149. The molecule has 0 saturated carbocycles. The van der Waals surface area contributed by atoms with Gasteiger partial charge in [0.1, 0.15) is 40.1 Å². The van der Waals surface area contributed by atoms with Crippen LogP contribution in [-0.2, 0) is 14.2 Å². The summed E-state index contributed by atoms with van der Waals surface area (Å²) in [5.41, 5.74) is 0.0163. The van der Waals surface area contributed by atoms with Crippen molar-refractivity contribution in [2.75, 3.05) is 41.2 Å². The van der Waals surface area contributed by atoms with Crippen LogP contribution in [0.25, 0.3) is 0 Å². The summed E-state index contributed by atoms with van der Waals surface area (Å²) in [7, 11) is 4.05. The average molecular weight is 577 g/mol. The van der Waals surface area contributed by atoms with Crippen molar-refractivity contribution >= 4 is 19.4 Å². The van der Waals surface area contributed by atoms with Crippen molar-refractivity contribution in [3.05, 3.63) is 29.8 Å². The van der Waals surface area contributed by atoms with Gasteiger partial charge in [-0.2, -0.15) is 0 Å². The standard InChI is InChI=1S/C28H41O10P.Li.H/c1-10-33-17(4)36-21-15-24(37-18(5)34-11-2)27(25(16-21)38-19(6)35-12-3)39-28(29)26-22(31-8)13-20(30-7)14-23(26)32-9;;/h13-19,39H,10-12H2,1-9H3;;/q;+1;-1. The van der Waals surface area contributed by atoms with Gasteiger partial charge in [-0.1, -0.05) is 0 Å². The normalized spacial score (nSPS) is 13.2. The number of rotatable bonds is 18. The zero-order valence-electron chi connectivity index (χ0n) is 26.2. The van der Waals surface area contributed by atoms with E-state index in [2.05, 4.69) is 0 Å². The molecule has 0 bridgehead atoms. The van der Waals surface area contributed by atoms with Crippen molar-refractivity contribution in [2.24, 2.45) is 0 Å². The third-order valence-electron chi connectivity index (χ3n) is 5.31. The minimum Gasteiger partial charge on any atom is -1.00 e. The monoisotopic (exact) mass is 576 g/mol. The van der Waals surface area contributed by atoms with Gasteiger partial charge >= 0.3 is 18.9 Å². The molecular weight excluding hydrogens is 534 g/mol. The maximum atomic E-state index is 13.8. The van der Waals surface area contributed by atoms with Crippen molar-refractivity contribution < 1.29 is 67.7 Å². The first-order chi connectivity index (χ1) is 18.7. The summed E-state index contributed by atoms with van der Waals surface area (Å²) in [5, 5.41) is 0.509. The first-order valence-electron chi connectivity index (χ1n) is 12.8. The van der Waals surface area contributed by atoms with Gasteiger partial charge in [-0.25, -0.2) is 0 Å². The van der Waals surface area contributed by atoms with Crippen molar-refractivity contribution in [3.8, 4) is 34.5 Å². The fourth-order valence-electron chi connectivity index (χ4n) is 3.70. The van der Waals surface area contributed by atoms with Gasteiger partial charge in [0, 0.05) is 44.1 Å². The summed E-state index contributed by atoms with van der Waals surface area (Å²) in [5.74, 6) is 2.32. The Hall–Kier alpha value is -2.18. The van der Waals surface area contributed by atoms with E-state index in [1.807, 2.05) is 20.8 Å². The Balaban J connectivity index is 0.00000800. The Morgan fingerprint density at radius 1 is 0.675 bits per heavy atom. The third kappa shape index (κ3) is 10.3. The van der Waals surface area contributed by atoms with Crippen LogP contribution in [0.4, 0.5) is 0 Å². The van der Waals surface area contributed by atoms with Crippen LogP contribution < -0.4 is 52.6 Å². The molecule has 0 amide bonds. The van der Waals surface area contributed by atoms with Crippen molar-refractivity contribution in [2.45, 2.75) is 60.4 Å². The van der Waals surface area contributed by atoms with Crippen LogP contribution in [0.1, 0.15) is 53.3 Å². The average Bonchev–Trinajstić information content (AvgIpc) is 2.89. The molecule has 0 aliphatic carbocycles. The van der Waals surface area contributed by atoms with Gasteiger partial charge in [0.15, 0.2) is 24.4 Å². The van der Waals surface area contributed by atoms with Gasteiger partial charge in [0.25, 0.3) is 0 Å². The van der Waals surface area contributed by atoms with Gasteiger partial charge in [-0.15, -0.1) is 0 Å². The summed E-state index contributed by atoms with van der Waals surface area (Å²) in [6.07, 6.45) is -1.72. The van der Waals surface area contributed by atoms with Crippen LogP contribution in [0.3, 0.4) is 0 Å². The maximum absolute atomic E-state index is 13.8. The topological polar surface area (TPSA) is 100 Å². The number of carbonyl (C=O) groups is 1. The van der Waals surface area contributed by atoms with Gasteiger partial charge in [-0.3, -0.25) is 4.79 Å². The van der Waals surface area contributed by atoms with E-state index < -0.39 is 27.5 Å². The van der Waals surface area contributed by atoms with Crippen molar-refractivity contribution in [3.63, 3.8) is 0 Å². The molecule has 0 aliphatic heterocycles. The van der Waals surface area contributed by atoms with Gasteiger partial charge in [-0.05, 0) is 50.1 Å². The molecule has 0 heterocycles. The molecule has 0 fully saturated rings. The Kier molecular flexibility index (Phi) is 16.4. The first-order valence-corrected chi connectivity index (χ1v) is 13.8. The predicted octanol–water partition coefficient (Wildman–Crippen LogP) is 2.26. The van der Waals surface area contributed by atoms with E-state index >= 15 is 0 Å². The van der Waals surface area contributed by atoms with E-state index in [9.17, 15) is 4.79 Å². The van der Waals surface area contributed by atoms with Crippen LogP contribution in [0.2, 0.25) is 0 Å². The van der Waals surface area contributed by atoms with Gasteiger partial charge in [0.2, 0.25) is 0 Å². The summed E-state index contributed by atoms with van der Waals surface area (Å²) in [6.45, 7) is 12.3. The minimum absolute atomic E-state index is 0. The molecule has 0 aromatic heterocycles. The molecule has 0 saturated heterocycles. The number of carbonyl (C=O) groups excluding carboxylic acids is 1. The Bertz CT molecular complexity index is 1010. The summed E-state index contributed by atoms with van der Waals surface area (Å²) < 4.78 is 51.4. The first kappa shape index (κ1) is 35.8. The van der Waals surface area contributed by atoms with Crippen LogP contribution >= 0.6 is 8.58 Å². The molecular formula is C28H42LiO10P. The molecule has 10 nitrogen and oxygen atoms in total. The second-order valence-corrected chi connectivity index (χ2v) is 9.28. The van der Waals surface area contributed by atoms with Crippen molar-refractivity contribution in [1.82, 2.24) is 0 Å². The summed E-state index contributed by atoms with van der Waals surface area (Å²) in [6, 6.07) is 6.66. The third-order valence-corrected chi connectivity index (χ3v) is 6.53. The molecule has 4 unspecified atom stereocenters. The number of ether oxygens (including phenoxy) is 9. The van der Waals surface area contributed by atoms with E-state index in [1.54, 1.807) is 45.0 Å². The molecule has 12 heteroatoms. The van der Waals surface area contributed by atoms with E-state index in [-0.39, 0.29) is 31.4 Å². The SMILES string of the molecule is CCOC(C)Oc1cc(OC(C)OCC)c(PC(=O)c2c(OC)cc(OC)cc2OC)c(OC(C)OCC)c1.[H-].[Li+]. The fraction of sp³-hybridized carbons (Fsp3) is 0.536. The smallest absolute Gasteiger partial charge is 1.00 e. The second kappa shape index (κ2) is 18.3. The molecule has 220 valence electrons. The molecule has 40 heavy (non-hydrogen) atoms. The summed E-state index contributed by atoms with van der Waals surface area (Å²) in [4.78, 5) is 13.8. The number of benzene rings is 2. The molecule has 0 aliphatic rings. The van der Waals surface area contributed by atoms with Crippen LogP contribution in [-0.4, -0.2) is 65.5 Å². The molecule has 0 N–H and O–H groups in total. The molecule has 2 rings (SSSR count). The Morgan fingerprint density at radius 2 is 1.07 bits per heavy atom. The van der Waals surface area contributed by atoms with Gasteiger partial charge in [0.05, 0.1) is 26.6 Å². The molecule has 0 radical (unpaired) electrons. The van der Waals surface area contributed by atoms with Gasteiger partial charge < -0.3 is 44.1 Å². The van der Waals surface area contributed by atoms with Crippen LogP contribution in [0.5, 0.6) is 34.5 Å². The number of hydrogen-bond donors (Lipinski definition) is 0. The largest absolute Gasteiger partial charge is 1.00 e. The summed E-state index contributed by atoms with van der Waals surface area (Å²) >= 11 is 0. The van der Waals surface area contributed by atoms with E-state index in [0.29, 0.717) is 59.6 Å². The fourth-order valence-corrected chi connectivity index (χ4v) is 4.81. The van der Waals surface area contributed by atoms with Crippen LogP contribution in [0, 0.1) is 0 Å². The number of hydrogen-bond acceptors (Lipinski definition) is 10. The zero-order valence-corrected chi connectivity index (χ0v) is 26.2.